The van der Waals surface area contributed by atoms with Crippen molar-refractivity contribution in [2.24, 2.45) is 4.99 Å². The molecule has 0 aliphatic rings. The summed E-state index contributed by atoms with van der Waals surface area (Å²) in [5, 5.41) is 9.12. The quantitative estimate of drug-likeness (QED) is 0.512. The molecule has 0 unspecified atom stereocenters. The number of hydrogen-bond donors (Lipinski definition) is 3. The second-order valence-electron chi connectivity index (χ2n) is 5.75. The molecule has 0 saturated carbocycles. The van der Waals surface area contributed by atoms with E-state index in [9.17, 15) is 4.79 Å². The van der Waals surface area contributed by atoms with Gasteiger partial charge in [-0.2, -0.15) is 0 Å². The zero-order valence-corrected chi connectivity index (χ0v) is 16.1. The van der Waals surface area contributed by atoms with E-state index in [1.807, 2.05) is 36.4 Å². The topological polar surface area (TPSA) is 84.0 Å². The number of amides is 1. The van der Waals surface area contributed by atoms with Gasteiger partial charge in [0.1, 0.15) is 0 Å². The molecule has 0 heterocycles. The number of rotatable bonds is 7. The van der Waals surface area contributed by atoms with Crippen LogP contribution in [0.4, 0.5) is 0 Å². The predicted octanol–water partition coefficient (Wildman–Crippen LogP) is 1.93. The van der Waals surface area contributed by atoms with Gasteiger partial charge in [0.05, 0.1) is 14.2 Å². The molecule has 0 aliphatic heterocycles. The smallest absolute Gasteiger partial charge is 0.251 e. The lowest BCUT2D eigenvalue weighted by atomic mass is 10.1. The van der Waals surface area contributed by atoms with Crippen LogP contribution in [0.3, 0.4) is 0 Å². The van der Waals surface area contributed by atoms with E-state index in [1.165, 1.54) is 0 Å². The summed E-state index contributed by atoms with van der Waals surface area (Å²) in [7, 11) is 6.56. The highest BCUT2D eigenvalue weighted by atomic mass is 16.5. The van der Waals surface area contributed by atoms with Crippen LogP contribution in [0.2, 0.25) is 0 Å². The molecule has 0 atom stereocenters. The summed E-state index contributed by atoms with van der Waals surface area (Å²) in [6.07, 6.45) is 0. The first-order valence-electron chi connectivity index (χ1n) is 8.57. The summed E-state index contributed by atoms with van der Waals surface area (Å²) in [5.74, 6) is 1.94. The van der Waals surface area contributed by atoms with Gasteiger partial charge in [0.25, 0.3) is 5.91 Å². The minimum absolute atomic E-state index is 0.104. The number of aliphatic imine (C=N–C) groups is 1. The Morgan fingerprint density at radius 1 is 0.963 bits per heavy atom. The minimum atomic E-state index is -0.104. The van der Waals surface area contributed by atoms with Crippen molar-refractivity contribution in [2.75, 3.05) is 28.3 Å². The number of nitrogens with one attached hydrogen (secondary N) is 3. The number of carbonyl (C=O) groups excluding carboxylic acids is 1. The van der Waals surface area contributed by atoms with Crippen molar-refractivity contribution in [1.82, 2.24) is 16.0 Å². The number of nitrogens with zero attached hydrogens (tertiary/aromatic N) is 1. The number of ether oxygens (including phenoxy) is 2. The van der Waals surface area contributed by atoms with Gasteiger partial charge in [0, 0.05) is 32.7 Å². The first kappa shape index (κ1) is 20.1. The Hall–Kier alpha value is -3.22. The first-order valence-corrected chi connectivity index (χ1v) is 8.57. The van der Waals surface area contributed by atoms with Crippen LogP contribution < -0.4 is 25.4 Å². The molecule has 0 aliphatic carbocycles. The Bertz CT molecular complexity index is 806. The summed E-state index contributed by atoms with van der Waals surface area (Å²) in [5.41, 5.74) is 2.66. The normalized spacial score (nSPS) is 10.9. The number of benzene rings is 2. The summed E-state index contributed by atoms with van der Waals surface area (Å²) < 4.78 is 10.6. The number of hydrogen-bond acceptors (Lipinski definition) is 4. The first-order chi connectivity index (χ1) is 13.1. The van der Waals surface area contributed by atoms with Crippen molar-refractivity contribution in [2.45, 2.75) is 13.1 Å². The lowest BCUT2D eigenvalue weighted by Crippen LogP contribution is -2.36. The van der Waals surface area contributed by atoms with E-state index in [0.29, 0.717) is 36.1 Å². The zero-order chi connectivity index (χ0) is 19.6. The molecule has 27 heavy (non-hydrogen) atoms. The molecule has 0 spiro atoms. The van der Waals surface area contributed by atoms with Crippen molar-refractivity contribution in [3.8, 4) is 11.5 Å². The Balaban J connectivity index is 1.94. The average molecular weight is 370 g/mol. The van der Waals surface area contributed by atoms with Crippen LogP contribution >= 0.6 is 0 Å². The average Bonchev–Trinajstić information content (AvgIpc) is 2.73. The van der Waals surface area contributed by atoms with Crippen molar-refractivity contribution < 1.29 is 14.3 Å². The standard InChI is InChI=1S/C20H26N4O3/c1-21-19(25)16-7-5-6-14(10-16)12-23-20(22-2)24-13-15-8-9-17(26-3)18(11-15)27-4/h5-11H,12-13H2,1-4H3,(H,21,25)(H2,22,23,24). The molecule has 0 bridgehead atoms. The number of methoxy groups -OCH3 is 2. The SMILES string of the molecule is CN=C(NCc1cccc(C(=O)NC)c1)NCc1ccc(OC)c(OC)c1. The van der Waals surface area contributed by atoms with Crippen LogP contribution in [0.1, 0.15) is 21.5 Å². The van der Waals surface area contributed by atoms with E-state index in [4.69, 9.17) is 9.47 Å². The monoisotopic (exact) mass is 370 g/mol. The highest BCUT2D eigenvalue weighted by Crippen LogP contribution is 2.27. The van der Waals surface area contributed by atoms with Gasteiger partial charge in [0.15, 0.2) is 17.5 Å². The molecule has 7 nitrogen and oxygen atoms in total. The fourth-order valence-electron chi connectivity index (χ4n) is 2.55. The fraction of sp³-hybridized carbons (Fsp3) is 0.300. The van der Waals surface area contributed by atoms with E-state index in [-0.39, 0.29) is 5.91 Å². The minimum Gasteiger partial charge on any atom is -0.493 e. The second-order valence-corrected chi connectivity index (χ2v) is 5.75. The maximum absolute atomic E-state index is 11.7. The summed E-state index contributed by atoms with van der Waals surface area (Å²) in [4.78, 5) is 16.0. The Morgan fingerprint density at radius 3 is 2.22 bits per heavy atom. The van der Waals surface area contributed by atoms with Crippen molar-refractivity contribution in [3.63, 3.8) is 0 Å². The Kier molecular flexibility index (Phi) is 7.49. The van der Waals surface area contributed by atoms with E-state index in [0.717, 1.165) is 11.1 Å². The molecular formula is C20H26N4O3. The number of carbonyl (C=O) groups is 1. The third kappa shape index (κ3) is 5.64. The van der Waals surface area contributed by atoms with E-state index in [1.54, 1.807) is 34.4 Å². The van der Waals surface area contributed by atoms with Gasteiger partial charge in [-0.05, 0) is 35.4 Å². The summed E-state index contributed by atoms with van der Waals surface area (Å²) >= 11 is 0. The highest BCUT2D eigenvalue weighted by Gasteiger charge is 2.06. The maximum atomic E-state index is 11.7. The maximum Gasteiger partial charge on any atom is 0.251 e. The van der Waals surface area contributed by atoms with Gasteiger partial charge in [-0.1, -0.05) is 18.2 Å². The van der Waals surface area contributed by atoms with Crippen LogP contribution in [0, 0.1) is 0 Å². The van der Waals surface area contributed by atoms with E-state index in [2.05, 4.69) is 20.9 Å². The van der Waals surface area contributed by atoms with Crippen LogP contribution in [0.5, 0.6) is 11.5 Å². The molecule has 2 rings (SSSR count). The molecule has 2 aromatic rings. The predicted molar refractivity (Wildman–Crippen MR) is 106 cm³/mol. The molecule has 1 amide bonds. The van der Waals surface area contributed by atoms with Crippen LogP contribution in [-0.4, -0.2) is 40.2 Å². The second kappa shape index (κ2) is 10.1. The summed E-state index contributed by atoms with van der Waals surface area (Å²) in [6, 6.07) is 13.2. The zero-order valence-electron chi connectivity index (χ0n) is 16.1. The van der Waals surface area contributed by atoms with Crippen molar-refractivity contribution >= 4 is 11.9 Å². The van der Waals surface area contributed by atoms with Gasteiger partial charge < -0.3 is 25.4 Å². The number of guanidine groups is 1. The summed E-state index contributed by atoms with van der Waals surface area (Å²) in [6.45, 7) is 1.13. The third-order valence-corrected chi connectivity index (χ3v) is 4.01. The molecule has 0 saturated heterocycles. The molecule has 0 radical (unpaired) electrons. The van der Waals surface area contributed by atoms with Crippen LogP contribution in [-0.2, 0) is 13.1 Å². The molecule has 0 aromatic heterocycles. The molecule has 2 aromatic carbocycles. The molecule has 3 N–H and O–H groups in total. The Labute approximate surface area is 159 Å². The largest absolute Gasteiger partial charge is 0.493 e. The van der Waals surface area contributed by atoms with Gasteiger partial charge in [-0.3, -0.25) is 9.79 Å². The highest BCUT2D eigenvalue weighted by molar-refractivity contribution is 5.94. The molecule has 0 fully saturated rings. The van der Waals surface area contributed by atoms with Crippen LogP contribution in [0.15, 0.2) is 47.5 Å². The van der Waals surface area contributed by atoms with Gasteiger partial charge in [0.2, 0.25) is 0 Å². The Morgan fingerprint density at radius 2 is 1.63 bits per heavy atom. The lowest BCUT2D eigenvalue weighted by molar-refractivity contribution is 0.0963. The van der Waals surface area contributed by atoms with Gasteiger partial charge in [-0.25, -0.2) is 0 Å². The van der Waals surface area contributed by atoms with E-state index < -0.39 is 0 Å². The van der Waals surface area contributed by atoms with Crippen LogP contribution in [0.25, 0.3) is 0 Å². The molecule has 7 heteroatoms. The van der Waals surface area contributed by atoms with Gasteiger partial charge >= 0.3 is 0 Å². The van der Waals surface area contributed by atoms with E-state index >= 15 is 0 Å². The molecule has 144 valence electrons. The third-order valence-electron chi connectivity index (χ3n) is 4.01. The fourth-order valence-corrected chi connectivity index (χ4v) is 2.55. The van der Waals surface area contributed by atoms with Gasteiger partial charge in [-0.15, -0.1) is 0 Å². The lowest BCUT2D eigenvalue weighted by Gasteiger charge is -2.14. The van der Waals surface area contributed by atoms with Crippen molar-refractivity contribution in [1.29, 1.82) is 0 Å². The molecular weight excluding hydrogens is 344 g/mol. The van der Waals surface area contributed by atoms with Crippen molar-refractivity contribution in [3.05, 3.63) is 59.2 Å².